The highest BCUT2D eigenvalue weighted by Gasteiger charge is 2.32. The van der Waals surface area contributed by atoms with Crippen LogP contribution in [-0.4, -0.2) is 12.3 Å². The maximum atomic E-state index is 11.9. The molecular formula is C10H11F3N2O2. The molecule has 0 saturated heterocycles. The molecule has 1 aromatic rings. The topological polar surface area (TPSA) is 78.3 Å². The van der Waals surface area contributed by atoms with Gasteiger partial charge in [0.05, 0.1) is 0 Å². The summed E-state index contributed by atoms with van der Waals surface area (Å²) in [4.78, 5) is 11.0. The maximum absolute atomic E-state index is 11.9. The summed E-state index contributed by atoms with van der Waals surface area (Å²) in [7, 11) is 0. The van der Waals surface area contributed by atoms with Crippen molar-refractivity contribution < 1.29 is 22.7 Å². The second-order valence-electron chi connectivity index (χ2n) is 3.64. The summed E-state index contributed by atoms with van der Waals surface area (Å²) >= 11 is 0. The molecule has 17 heavy (non-hydrogen) atoms. The number of amides is 1. The van der Waals surface area contributed by atoms with Gasteiger partial charge < -0.3 is 16.2 Å². The average molecular weight is 248 g/mol. The number of hydrogen-bond acceptors (Lipinski definition) is 3. The molecule has 94 valence electrons. The molecule has 1 unspecified atom stereocenters. The van der Waals surface area contributed by atoms with Crippen molar-refractivity contribution in [1.82, 2.24) is 0 Å². The second-order valence-corrected chi connectivity index (χ2v) is 3.64. The fourth-order valence-corrected chi connectivity index (χ4v) is 1.15. The van der Waals surface area contributed by atoms with Gasteiger partial charge in [0.25, 0.3) is 0 Å². The molecule has 0 aliphatic heterocycles. The van der Waals surface area contributed by atoms with Gasteiger partial charge in [0.2, 0.25) is 5.91 Å². The van der Waals surface area contributed by atoms with E-state index in [4.69, 9.17) is 11.5 Å². The molecule has 0 saturated carbocycles. The number of carbonyl (C=O) groups is 1. The van der Waals surface area contributed by atoms with E-state index in [2.05, 4.69) is 4.74 Å². The van der Waals surface area contributed by atoms with Crippen LogP contribution >= 0.6 is 0 Å². The zero-order valence-electron chi connectivity index (χ0n) is 8.91. The lowest BCUT2D eigenvalue weighted by Crippen LogP contribution is -2.46. The van der Waals surface area contributed by atoms with E-state index in [0.717, 1.165) is 12.1 Å². The minimum Gasteiger partial charge on any atom is -0.406 e. The molecule has 7 heteroatoms. The third kappa shape index (κ3) is 3.35. The summed E-state index contributed by atoms with van der Waals surface area (Å²) in [5, 5.41) is 0. The predicted octanol–water partition coefficient (Wildman–Crippen LogP) is 1.24. The Balaban J connectivity index is 2.93. The van der Waals surface area contributed by atoms with Crippen molar-refractivity contribution in [2.24, 2.45) is 11.5 Å². The monoisotopic (exact) mass is 248 g/mol. The van der Waals surface area contributed by atoms with Crippen molar-refractivity contribution in [2.75, 3.05) is 0 Å². The summed E-state index contributed by atoms with van der Waals surface area (Å²) in [6.45, 7) is 1.37. The number of halogens is 3. The van der Waals surface area contributed by atoms with Gasteiger partial charge in [0.15, 0.2) is 0 Å². The van der Waals surface area contributed by atoms with Gasteiger partial charge in [-0.25, -0.2) is 0 Å². The summed E-state index contributed by atoms with van der Waals surface area (Å²) in [6, 6.07) is 4.64. The lowest BCUT2D eigenvalue weighted by atomic mass is 9.93. The van der Waals surface area contributed by atoms with Gasteiger partial charge in [-0.3, -0.25) is 4.79 Å². The summed E-state index contributed by atoms with van der Waals surface area (Å²) in [5.74, 6) is -1.16. The first-order valence-electron chi connectivity index (χ1n) is 4.58. The van der Waals surface area contributed by atoms with Gasteiger partial charge in [0.1, 0.15) is 11.3 Å². The van der Waals surface area contributed by atoms with Crippen LogP contribution in [0.25, 0.3) is 0 Å². The minimum atomic E-state index is -4.75. The van der Waals surface area contributed by atoms with E-state index in [1.54, 1.807) is 0 Å². The molecule has 1 rings (SSSR count). The molecule has 4 nitrogen and oxygen atoms in total. The normalized spacial score (nSPS) is 15.1. The van der Waals surface area contributed by atoms with Gasteiger partial charge in [-0.15, -0.1) is 13.2 Å². The summed E-state index contributed by atoms with van der Waals surface area (Å²) in [6.07, 6.45) is -4.75. The molecule has 1 amide bonds. The second kappa shape index (κ2) is 4.25. The molecule has 0 aromatic heterocycles. The standard InChI is InChI=1S/C10H11F3N2O2/c1-9(15,8(14)16)6-2-4-7(5-3-6)17-10(11,12)13/h2-5H,15H2,1H3,(H2,14,16). The van der Waals surface area contributed by atoms with E-state index in [9.17, 15) is 18.0 Å². The van der Waals surface area contributed by atoms with Crippen LogP contribution in [0.2, 0.25) is 0 Å². The predicted molar refractivity (Wildman–Crippen MR) is 53.9 cm³/mol. The summed E-state index contributed by atoms with van der Waals surface area (Å²) in [5.41, 5.74) is 9.56. The Morgan fingerprint density at radius 1 is 1.24 bits per heavy atom. The number of rotatable bonds is 3. The van der Waals surface area contributed by atoms with E-state index >= 15 is 0 Å². The van der Waals surface area contributed by atoms with Gasteiger partial charge in [0, 0.05) is 0 Å². The quantitative estimate of drug-likeness (QED) is 0.844. The zero-order chi connectivity index (χ0) is 13.3. The van der Waals surface area contributed by atoms with E-state index in [-0.39, 0.29) is 5.75 Å². The Kier molecular flexibility index (Phi) is 3.33. The molecule has 0 fully saturated rings. The number of ether oxygens (including phenoxy) is 1. The van der Waals surface area contributed by atoms with Crippen LogP contribution in [0.1, 0.15) is 12.5 Å². The number of nitrogens with two attached hydrogens (primary N) is 2. The van der Waals surface area contributed by atoms with E-state index in [0.29, 0.717) is 5.56 Å². The van der Waals surface area contributed by atoms with Crippen molar-refractivity contribution in [1.29, 1.82) is 0 Å². The van der Waals surface area contributed by atoms with Crippen LogP contribution in [-0.2, 0) is 10.3 Å². The fraction of sp³-hybridized carbons (Fsp3) is 0.300. The SMILES string of the molecule is CC(N)(C(N)=O)c1ccc(OC(F)(F)F)cc1. The Morgan fingerprint density at radius 3 is 2.06 bits per heavy atom. The minimum absolute atomic E-state index is 0.305. The molecule has 0 aliphatic carbocycles. The largest absolute Gasteiger partial charge is 0.573 e. The van der Waals surface area contributed by atoms with Gasteiger partial charge in [-0.2, -0.15) is 0 Å². The number of hydrogen-bond donors (Lipinski definition) is 2. The van der Waals surface area contributed by atoms with Crippen molar-refractivity contribution in [2.45, 2.75) is 18.8 Å². The first-order chi connectivity index (χ1) is 7.63. The fourth-order valence-electron chi connectivity index (χ4n) is 1.15. The molecule has 0 heterocycles. The van der Waals surface area contributed by atoms with Crippen molar-refractivity contribution in [3.63, 3.8) is 0 Å². The highest BCUT2D eigenvalue weighted by molar-refractivity contribution is 5.85. The van der Waals surface area contributed by atoms with Gasteiger partial charge in [-0.1, -0.05) is 12.1 Å². The van der Waals surface area contributed by atoms with Gasteiger partial charge in [-0.05, 0) is 24.6 Å². The molecule has 4 N–H and O–H groups in total. The lowest BCUT2D eigenvalue weighted by molar-refractivity contribution is -0.274. The number of primary amides is 1. The highest BCUT2D eigenvalue weighted by atomic mass is 19.4. The molecule has 1 aromatic carbocycles. The van der Waals surface area contributed by atoms with E-state index in [1.165, 1.54) is 19.1 Å². The first-order valence-corrected chi connectivity index (χ1v) is 4.58. The highest BCUT2D eigenvalue weighted by Crippen LogP contribution is 2.25. The maximum Gasteiger partial charge on any atom is 0.573 e. The zero-order valence-corrected chi connectivity index (χ0v) is 8.91. The summed E-state index contributed by atoms with van der Waals surface area (Å²) < 4.78 is 39.3. The lowest BCUT2D eigenvalue weighted by Gasteiger charge is -2.21. The molecule has 1 atom stereocenters. The van der Waals surface area contributed by atoms with Crippen LogP contribution in [0.15, 0.2) is 24.3 Å². The van der Waals surface area contributed by atoms with Crippen molar-refractivity contribution >= 4 is 5.91 Å². The van der Waals surface area contributed by atoms with Crippen molar-refractivity contribution in [3.8, 4) is 5.75 Å². The van der Waals surface area contributed by atoms with Crippen LogP contribution in [0.3, 0.4) is 0 Å². The molecule has 0 aliphatic rings. The first kappa shape index (κ1) is 13.3. The van der Waals surface area contributed by atoms with Crippen LogP contribution in [0, 0.1) is 0 Å². The molecule has 0 radical (unpaired) electrons. The van der Waals surface area contributed by atoms with Crippen LogP contribution in [0.4, 0.5) is 13.2 Å². The molecule has 0 spiro atoms. The number of benzene rings is 1. The van der Waals surface area contributed by atoms with Gasteiger partial charge >= 0.3 is 6.36 Å². The Hall–Kier alpha value is -1.76. The number of alkyl halides is 3. The van der Waals surface area contributed by atoms with Crippen LogP contribution < -0.4 is 16.2 Å². The Morgan fingerprint density at radius 2 is 1.71 bits per heavy atom. The van der Waals surface area contributed by atoms with E-state index in [1.807, 2.05) is 0 Å². The number of carbonyl (C=O) groups excluding carboxylic acids is 1. The average Bonchev–Trinajstić information content (AvgIpc) is 2.15. The molecular weight excluding hydrogens is 237 g/mol. The Labute approximate surface area is 95.3 Å². The third-order valence-electron chi connectivity index (χ3n) is 2.20. The molecule has 0 bridgehead atoms. The van der Waals surface area contributed by atoms with Crippen molar-refractivity contribution in [3.05, 3.63) is 29.8 Å². The van der Waals surface area contributed by atoms with Crippen LogP contribution in [0.5, 0.6) is 5.75 Å². The Bertz CT molecular complexity index is 413. The smallest absolute Gasteiger partial charge is 0.406 e. The van der Waals surface area contributed by atoms with E-state index < -0.39 is 17.8 Å². The third-order valence-corrected chi connectivity index (χ3v) is 2.20.